The van der Waals surface area contributed by atoms with E-state index in [1.54, 1.807) is 16.2 Å². The highest BCUT2D eigenvalue weighted by molar-refractivity contribution is 7.09. The van der Waals surface area contributed by atoms with Gasteiger partial charge in [-0.3, -0.25) is 14.5 Å². The highest BCUT2D eigenvalue weighted by Gasteiger charge is 2.13. The van der Waals surface area contributed by atoms with E-state index in [9.17, 15) is 9.59 Å². The lowest BCUT2D eigenvalue weighted by atomic mass is 10.3. The van der Waals surface area contributed by atoms with Crippen molar-refractivity contribution in [3.8, 4) is 0 Å². The summed E-state index contributed by atoms with van der Waals surface area (Å²) in [6.07, 6.45) is 0.884. The van der Waals surface area contributed by atoms with Crippen molar-refractivity contribution in [1.29, 1.82) is 0 Å². The van der Waals surface area contributed by atoms with Gasteiger partial charge in [0.25, 0.3) is 0 Å². The number of carbonyl (C=O) groups is 2. The molecule has 1 amide bonds. The second-order valence-electron chi connectivity index (χ2n) is 4.14. The van der Waals surface area contributed by atoms with Crippen LogP contribution in [0.3, 0.4) is 0 Å². The van der Waals surface area contributed by atoms with Gasteiger partial charge in [0.15, 0.2) is 0 Å². The molecular formula is C13H20N2O3S. The molecule has 0 fully saturated rings. The first-order chi connectivity index (χ1) is 9.15. The number of rotatable bonds is 8. The van der Waals surface area contributed by atoms with Gasteiger partial charge in [0.2, 0.25) is 5.91 Å². The summed E-state index contributed by atoms with van der Waals surface area (Å²) in [7, 11) is 1.35. The van der Waals surface area contributed by atoms with Crippen molar-refractivity contribution in [3.63, 3.8) is 0 Å². The monoisotopic (exact) mass is 284 g/mol. The van der Waals surface area contributed by atoms with Crippen molar-refractivity contribution in [2.24, 2.45) is 0 Å². The van der Waals surface area contributed by atoms with Crippen LogP contribution in [0.15, 0.2) is 17.5 Å². The van der Waals surface area contributed by atoms with E-state index in [1.807, 2.05) is 24.4 Å². The first kappa shape index (κ1) is 15.7. The predicted molar refractivity (Wildman–Crippen MR) is 74.9 cm³/mol. The quantitative estimate of drug-likeness (QED) is 0.730. The molecule has 0 aliphatic heterocycles. The number of hydrogen-bond acceptors (Lipinski definition) is 5. The Kier molecular flexibility index (Phi) is 7.14. The minimum atomic E-state index is -0.320. The third-order valence-corrected chi connectivity index (χ3v) is 3.40. The van der Waals surface area contributed by atoms with Gasteiger partial charge in [0.1, 0.15) is 0 Å². The predicted octanol–water partition coefficient (Wildman–Crippen LogP) is 1.25. The highest BCUT2D eigenvalue weighted by atomic mass is 32.1. The molecule has 0 bridgehead atoms. The lowest BCUT2D eigenvalue weighted by Gasteiger charge is -2.19. The zero-order valence-electron chi connectivity index (χ0n) is 11.3. The van der Waals surface area contributed by atoms with Crippen LogP contribution >= 0.6 is 11.3 Å². The number of nitrogens with zero attached hydrogens (tertiary/aromatic N) is 1. The molecule has 0 aliphatic carbocycles. The first-order valence-electron chi connectivity index (χ1n) is 6.24. The molecule has 5 nitrogen and oxygen atoms in total. The van der Waals surface area contributed by atoms with E-state index in [2.05, 4.69) is 10.1 Å². The van der Waals surface area contributed by atoms with E-state index in [-0.39, 0.29) is 25.0 Å². The van der Waals surface area contributed by atoms with Crippen LogP contribution in [0, 0.1) is 0 Å². The maximum Gasteiger partial charge on any atom is 0.319 e. The summed E-state index contributed by atoms with van der Waals surface area (Å²) in [5, 5.41) is 4.82. The van der Waals surface area contributed by atoms with Gasteiger partial charge in [-0.15, -0.1) is 11.3 Å². The fraction of sp³-hybridized carbons (Fsp3) is 0.538. The van der Waals surface area contributed by atoms with E-state index in [0.717, 1.165) is 11.3 Å². The molecule has 0 atom stereocenters. The normalized spacial score (nSPS) is 10.5. The van der Waals surface area contributed by atoms with Gasteiger partial charge in [-0.05, 0) is 24.4 Å². The van der Waals surface area contributed by atoms with Gasteiger partial charge in [-0.1, -0.05) is 13.0 Å². The molecule has 19 heavy (non-hydrogen) atoms. The number of ether oxygens (including phenoxy) is 1. The van der Waals surface area contributed by atoms with Crippen molar-refractivity contribution in [3.05, 3.63) is 22.4 Å². The number of hydrogen-bond donors (Lipinski definition) is 1. The lowest BCUT2D eigenvalue weighted by Crippen LogP contribution is -2.40. The number of amides is 1. The molecule has 1 heterocycles. The fourth-order valence-corrected chi connectivity index (χ4v) is 2.28. The van der Waals surface area contributed by atoms with Crippen LogP contribution in [0.2, 0.25) is 0 Å². The molecule has 1 aromatic rings. The Hall–Kier alpha value is -1.40. The molecule has 0 radical (unpaired) electrons. The summed E-state index contributed by atoms with van der Waals surface area (Å²) in [5.41, 5.74) is 0. The number of nitrogens with one attached hydrogen (secondary N) is 1. The van der Waals surface area contributed by atoms with E-state index in [1.165, 1.54) is 7.11 Å². The number of thiophene rings is 1. The Labute approximate surface area is 117 Å². The average Bonchev–Trinajstić information content (AvgIpc) is 2.89. The van der Waals surface area contributed by atoms with E-state index in [4.69, 9.17) is 0 Å². The van der Waals surface area contributed by atoms with Crippen LogP contribution in [0.25, 0.3) is 0 Å². The van der Waals surface area contributed by atoms with E-state index in [0.29, 0.717) is 13.1 Å². The van der Waals surface area contributed by atoms with Crippen LogP contribution in [0.4, 0.5) is 0 Å². The molecular weight excluding hydrogens is 264 g/mol. The molecule has 6 heteroatoms. The average molecular weight is 284 g/mol. The fourth-order valence-electron chi connectivity index (χ4n) is 1.64. The topological polar surface area (TPSA) is 58.6 Å². The Balaban J connectivity index is 2.35. The lowest BCUT2D eigenvalue weighted by molar-refractivity contribution is -0.142. The summed E-state index contributed by atoms with van der Waals surface area (Å²) in [4.78, 5) is 25.9. The summed E-state index contributed by atoms with van der Waals surface area (Å²) < 4.78 is 4.62. The molecule has 0 saturated heterocycles. The third kappa shape index (κ3) is 6.35. The third-order valence-electron chi connectivity index (χ3n) is 2.53. The van der Waals surface area contributed by atoms with Gasteiger partial charge in [0, 0.05) is 4.88 Å². The van der Waals surface area contributed by atoms with Crippen LogP contribution in [-0.4, -0.2) is 43.5 Å². The van der Waals surface area contributed by atoms with Gasteiger partial charge in [-0.2, -0.15) is 0 Å². The van der Waals surface area contributed by atoms with Gasteiger partial charge >= 0.3 is 5.97 Å². The van der Waals surface area contributed by atoms with Crippen LogP contribution < -0.4 is 5.32 Å². The molecule has 0 aromatic carbocycles. The van der Waals surface area contributed by atoms with E-state index >= 15 is 0 Å². The molecule has 1 N–H and O–H groups in total. The highest BCUT2D eigenvalue weighted by Crippen LogP contribution is 2.07. The first-order valence-corrected chi connectivity index (χ1v) is 7.12. The number of esters is 1. The Morgan fingerprint density at radius 1 is 1.42 bits per heavy atom. The van der Waals surface area contributed by atoms with Gasteiger partial charge < -0.3 is 10.1 Å². The van der Waals surface area contributed by atoms with Crippen LogP contribution in [-0.2, 0) is 20.9 Å². The Bertz CT molecular complexity index is 393. The molecule has 0 aliphatic rings. The van der Waals surface area contributed by atoms with E-state index < -0.39 is 0 Å². The zero-order chi connectivity index (χ0) is 14.1. The van der Waals surface area contributed by atoms with Crippen molar-refractivity contribution in [2.45, 2.75) is 19.9 Å². The SMILES string of the molecule is CCCN(CC(=O)NCc1cccs1)CC(=O)OC. The van der Waals surface area contributed by atoms with Crippen molar-refractivity contribution >= 4 is 23.2 Å². The van der Waals surface area contributed by atoms with Crippen molar-refractivity contribution in [1.82, 2.24) is 10.2 Å². The molecule has 0 spiro atoms. The summed E-state index contributed by atoms with van der Waals surface area (Å²) >= 11 is 1.61. The minimum absolute atomic E-state index is 0.0780. The minimum Gasteiger partial charge on any atom is -0.468 e. The Morgan fingerprint density at radius 2 is 2.21 bits per heavy atom. The summed E-state index contributed by atoms with van der Waals surface area (Å²) in [5.74, 6) is -0.398. The maximum absolute atomic E-state index is 11.8. The van der Waals surface area contributed by atoms with Crippen LogP contribution in [0.1, 0.15) is 18.2 Å². The molecule has 0 saturated carbocycles. The molecule has 1 rings (SSSR count). The summed E-state index contributed by atoms with van der Waals surface area (Å²) in [6.45, 7) is 3.61. The number of carbonyl (C=O) groups excluding carboxylic acids is 2. The second kappa shape index (κ2) is 8.66. The largest absolute Gasteiger partial charge is 0.468 e. The molecule has 106 valence electrons. The molecule has 1 aromatic heterocycles. The maximum atomic E-state index is 11.8. The smallest absolute Gasteiger partial charge is 0.319 e. The van der Waals surface area contributed by atoms with Gasteiger partial charge in [-0.25, -0.2) is 0 Å². The number of methoxy groups -OCH3 is 1. The molecule has 0 unspecified atom stereocenters. The zero-order valence-corrected chi connectivity index (χ0v) is 12.2. The van der Waals surface area contributed by atoms with Crippen molar-refractivity contribution in [2.75, 3.05) is 26.7 Å². The van der Waals surface area contributed by atoms with Crippen molar-refractivity contribution < 1.29 is 14.3 Å². The van der Waals surface area contributed by atoms with Gasteiger partial charge in [0.05, 0.1) is 26.7 Å². The van der Waals surface area contributed by atoms with Crippen LogP contribution in [0.5, 0.6) is 0 Å². The Morgan fingerprint density at radius 3 is 2.79 bits per heavy atom. The standard InChI is InChI=1S/C13H20N2O3S/c1-3-6-15(10-13(17)18-2)9-12(16)14-8-11-5-4-7-19-11/h4-5,7H,3,6,8-10H2,1-2H3,(H,14,16). The summed E-state index contributed by atoms with van der Waals surface area (Å²) in [6, 6.07) is 3.93. The second-order valence-corrected chi connectivity index (χ2v) is 5.18.